The molecule has 0 atom stereocenters. The first-order valence-corrected chi connectivity index (χ1v) is 8.06. The molecule has 1 aromatic heterocycles. The number of aromatic nitrogens is 1. The Hall–Kier alpha value is -1.92. The maximum atomic E-state index is 12.5. The quantitative estimate of drug-likeness (QED) is 0.847. The van der Waals surface area contributed by atoms with Gasteiger partial charge in [0.1, 0.15) is 0 Å². The zero-order valence-electron chi connectivity index (χ0n) is 12.3. The van der Waals surface area contributed by atoms with Crippen LogP contribution in [-0.2, 0) is 16.6 Å². The van der Waals surface area contributed by atoms with Gasteiger partial charge in [-0.25, -0.2) is 13.1 Å². The average Bonchev–Trinajstić information content (AvgIpc) is 2.44. The van der Waals surface area contributed by atoms with Gasteiger partial charge in [0.25, 0.3) is 0 Å². The smallest absolute Gasteiger partial charge is 0.241 e. The van der Waals surface area contributed by atoms with Crippen molar-refractivity contribution in [2.45, 2.75) is 32.2 Å². The Kier molecular flexibility index (Phi) is 4.29. The molecule has 3 N–H and O–H groups in total. The van der Waals surface area contributed by atoms with E-state index in [1.54, 1.807) is 44.4 Å². The normalized spacial score (nSPS) is 11.6. The van der Waals surface area contributed by atoms with Crippen LogP contribution in [0.15, 0.2) is 35.5 Å². The van der Waals surface area contributed by atoms with Crippen LogP contribution in [0.2, 0.25) is 0 Å². The monoisotopic (exact) mass is 305 g/mol. The predicted octanol–water partition coefficient (Wildman–Crippen LogP) is 2.07. The molecule has 0 aliphatic heterocycles. The van der Waals surface area contributed by atoms with E-state index in [4.69, 9.17) is 5.73 Å². The second kappa shape index (κ2) is 5.83. The summed E-state index contributed by atoms with van der Waals surface area (Å²) in [5, 5.41) is 0. The third-order valence-corrected chi connectivity index (χ3v) is 5.14. The summed E-state index contributed by atoms with van der Waals surface area (Å²) in [4.78, 5) is 4.17. The summed E-state index contributed by atoms with van der Waals surface area (Å²) in [6.45, 7) is 5.60. The predicted molar refractivity (Wildman–Crippen MR) is 83.3 cm³/mol. The zero-order valence-corrected chi connectivity index (χ0v) is 13.2. The van der Waals surface area contributed by atoms with Crippen LogP contribution < -0.4 is 10.5 Å². The van der Waals surface area contributed by atoms with Crippen molar-refractivity contribution in [2.75, 3.05) is 5.73 Å². The SMILES string of the molecule is Cc1cc(C)c(S(=O)(=O)NCc2ccncc2)c(C)c1N. The van der Waals surface area contributed by atoms with Crippen LogP contribution in [0.25, 0.3) is 0 Å². The molecule has 0 amide bonds. The first kappa shape index (κ1) is 15.5. The zero-order chi connectivity index (χ0) is 15.6. The summed E-state index contributed by atoms with van der Waals surface area (Å²) in [5.41, 5.74) is 9.50. The lowest BCUT2D eigenvalue weighted by Gasteiger charge is -2.15. The van der Waals surface area contributed by atoms with Crippen molar-refractivity contribution >= 4 is 15.7 Å². The number of pyridine rings is 1. The van der Waals surface area contributed by atoms with Gasteiger partial charge in [0.2, 0.25) is 10.0 Å². The molecule has 0 saturated heterocycles. The Morgan fingerprint density at radius 2 is 1.76 bits per heavy atom. The number of sulfonamides is 1. The molecule has 2 rings (SSSR count). The lowest BCUT2D eigenvalue weighted by molar-refractivity contribution is 0.580. The van der Waals surface area contributed by atoms with E-state index >= 15 is 0 Å². The van der Waals surface area contributed by atoms with Gasteiger partial charge >= 0.3 is 0 Å². The van der Waals surface area contributed by atoms with E-state index in [-0.39, 0.29) is 11.4 Å². The maximum absolute atomic E-state index is 12.5. The Morgan fingerprint density at radius 1 is 1.14 bits per heavy atom. The molecule has 0 unspecified atom stereocenters. The molecule has 0 spiro atoms. The molecule has 112 valence electrons. The minimum Gasteiger partial charge on any atom is -0.398 e. The fourth-order valence-electron chi connectivity index (χ4n) is 2.35. The van der Waals surface area contributed by atoms with Gasteiger partial charge in [0.05, 0.1) is 4.90 Å². The van der Waals surface area contributed by atoms with Gasteiger partial charge in [0.15, 0.2) is 0 Å². The van der Waals surface area contributed by atoms with Crippen molar-refractivity contribution in [3.8, 4) is 0 Å². The highest BCUT2D eigenvalue weighted by Gasteiger charge is 2.21. The highest BCUT2D eigenvalue weighted by atomic mass is 32.2. The van der Waals surface area contributed by atoms with Gasteiger partial charge in [-0.05, 0) is 55.2 Å². The number of hydrogen-bond acceptors (Lipinski definition) is 4. The fourth-order valence-corrected chi connectivity index (χ4v) is 3.84. The van der Waals surface area contributed by atoms with Crippen LogP contribution in [0.5, 0.6) is 0 Å². The number of hydrogen-bond donors (Lipinski definition) is 2. The van der Waals surface area contributed by atoms with E-state index in [2.05, 4.69) is 9.71 Å². The second-order valence-electron chi connectivity index (χ2n) is 5.06. The van der Waals surface area contributed by atoms with Gasteiger partial charge in [-0.1, -0.05) is 6.07 Å². The van der Waals surface area contributed by atoms with E-state index in [1.807, 2.05) is 6.92 Å². The number of nitrogens with zero attached hydrogens (tertiary/aromatic N) is 1. The van der Waals surface area contributed by atoms with E-state index in [1.165, 1.54) is 0 Å². The van der Waals surface area contributed by atoms with Crippen LogP contribution in [0.4, 0.5) is 5.69 Å². The molecule has 0 aliphatic carbocycles. The van der Waals surface area contributed by atoms with Crippen molar-refractivity contribution in [1.82, 2.24) is 9.71 Å². The summed E-state index contributed by atoms with van der Waals surface area (Å²) in [5.74, 6) is 0. The molecule has 0 bridgehead atoms. The molecular formula is C15H19N3O2S. The summed E-state index contributed by atoms with van der Waals surface area (Å²) >= 11 is 0. The summed E-state index contributed by atoms with van der Waals surface area (Å²) in [7, 11) is -3.61. The minimum absolute atomic E-state index is 0.220. The lowest BCUT2D eigenvalue weighted by Crippen LogP contribution is -2.25. The standard InChI is InChI=1S/C15H19N3O2S/c1-10-8-11(2)15(12(3)14(10)16)21(19,20)18-9-13-4-6-17-7-5-13/h4-8,18H,9,16H2,1-3H3. The van der Waals surface area contributed by atoms with Crippen LogP contribution in [0.3, 0.4) is 0 Å². The van der Waals surface area contributed by atoms with E-state index in [0.717, 1.165) is 11.1 Å². The van der Waals surface area contributed by atoms with Crippen molar-refractivity contribution in [2.24, 2.45) is 0 Å². The number of nitrogens with one attached hydrogen (secondary N) is 1. The summed E-state index contributed by atoms with van der Waals surface area (Å²) < 4.78 is 27.7. The maximum Gasteiger partial charge on any atom is 0.241 e. The minimum atomic E-state index is -3.61. The number of aryl methyl sites for hydroxylation is 2. The van der Waals surface area contributed by atoms with Crippen molar-refractivity contribution in [3.63, 3.8) is 0 Å². The molecule has 0 fully saturated rings. The first-order chi connectivity index (χ1) is 9.83. The number of anilines is 1. The summed E-state index contributed by atoms with van der Waals surface area (Å²) in [6.07, 6.45) is 3.26. The van der Waals surface area contributed by atoms with Crippen molar-refractivity contribution in [1.29, 1.82) is 0 Å². The molecule has 1 heterocycles. The van der Waals surface area contributed by atoms with E-state index < -0.39 is 10.0 Å². The Labute approximate surface area is 125 Å². The fraction of sp³-hybridized carbons (Fsp3) is 0.267. The average molecular weight is 305 g/mol. The van der Waals surface area contributed by atoms with Gasteiger partial charge in [0, 0.05) is 24.6 Å². The number of benzene rings is 1. The number of nitrogens with two attached hydrogens (primary N) is 1. The molecule has 0 aliphatic rings. The van der Waals surface area contributed by atoms with Gasteiger partial charge in [-0.15, -0.1) is 0 Å². The van der Waals surface area contributed by atoms with Gasteiger partial charge in [-0.2, -0.15) is 0 Å². The Balaban J connectivity index is 2.35. The topological polar surface area (TPSA) is 85.1 Å². The molecule has 2 aromatic rings. The third-order valence-electron chi connectivity index (χ3n) is 3.45. The largest absolute Gasteiger partial charge is 0.398 e. The summed E-state index contributed by atoms with van der Waals surface area (Å²) in [6, 6.07) is 5.33. The van der Waals surface area contributed by atoms with E-state index in [0.29, 0.717) is 16.8 Å². The highest BCUT2D eigenvalue weighted by molar-refractivity contribution is 7.89. The third kappa shape index (κ3) is 3.22. The second-order valence-corrected chi connectivity index (χ2v) is 6.76. The van der Waals surface area contributed by atoms with Crippen LogP contribution in [0, 0.1) is 20.8 Å². The van der Waals surface area contributed by atoms with Crippen LogP contribution >= 0.6 is 0 Å². The molecule has 21 heavy (non-hydrogen) atoms. The van der Waals surface area contributed by atoms with Crippen molar-refractivity contribution < 1.29 is 8.42 Å². The molecule has 6 heteroatoms. The molecule has 1 aromatic carbocycles. The van der Waals surface area contributed by atoms with Crippen LogP contribution in [0.1, 0.15) is 22.3 Å². The lowest BCUT2D eigenvalue weighted by atomic mass is 10.1. The molecule has 5 nitrogen and oxygen atoms in total. The number of nitrogen functional groups attached to an aromatic ring is 1. The Morgan fingerprint density at radius 3 is 2.38 bits per heavy atom. The van der Waals surface area contributed by atoms with Gasteiger partial charge in [-0.3, -0.25) is 4.98 Å². The number of rotatable bonds is 4. The molecule has 0 radical (unpaired) electrons. The highest BCUT2D eigenvalue weighted by Crippen LogP contribution is 2.27. The van der Waals surface area contributed by atoms with E-state index in [9.17, 15) is 8.42 Å². The van der Waals surface area contributed by atoms with Gasteiger partial charge < -0.3 is 5.73 Å². The van der Waals surface area contributed by atoms with Crippen molar-refractivity contribution in [3.05, 3.63) is 52.8 Å². The Bertz CT molecular complexity index is 756. The van der Waals surface area contributed by atoms with Crippen LogP contribution in [-0.4, -0.2) is 13.4 Å². The molecule has 0 saturated carbocycles. The molecular weight excluding hydrogens is 286 g/mol. The first-order valence-electron chi connectivity index (χ1n) is 6.58.